The van der Waals surface area contributed by atoms with Crippen LogP contribution in [0.25, 0.3) is 0 Å². The van der Waals surface area contributed by atoms with Crippen LogP contribution in [0.15, 0.2) is 56.5 Å². The molecule has 262 valence electrons. The Morgan fingerprint density at radius 1 is 1.02 bits per heavy atom. The minimum Gasteiger partial charge on any atom is -0.493 e. The quantitative estimate of drug-likeness (QED) is 0.118. The molecule has 1 heterocycles. The van der Waals surface area contributed by atoms with Crippen molar-refractivity contribution in [2.45, 2.75) is 84.8 Å². The molecule has 10 nitrogen and oxygen atoms in total. The lowest BCUT2D eigenvalue weighted by atomic mass is 10.0. The van der Waals surface area contributed by atoms with Gasteiger partial charge in [-0.2, -0.15) is 13.2 Å². The van der Waals surface area contributed by atoms with Crippen LogP contribution in [0.3, 0.4) is 0 Å². The first-order valence-electron chi connectivity index (χ1n) is 15.2. The molecule has 0 aliphatic carbocycles. The van der Waals surface area contributed by atoms with Crippen LogP contribution in [0.4, 0.5) is 22.4 Å². The largest absolute Gasteiger partial charge is 0.493 e. The Morgan fingerprint density at radius 2 is 1.71 bits per heavy atom. The Kier molecular flexibility index (Phi) is 13.0. The van der Waals surface area contributed by atoms with E-state index in [1.54, 1.807) is 52.0 Å². The molecule has 1 atom stereocenters. The number of alkyl halides is 3. The number of para-hydroxylation sites is 1. The third-order valence-corrected chi connectivity index (χ3v) is 7.99. The maximum atomic E-state index is 14.7. The second-order valence-electron chi connectivity index (χ2n) is 11.8. The number of esters is 1. The number of halogens is 5. The predicted octanol–water partition coefficient (Wildman–Crippen LogP) is 6.67. The number of hydrogen-bond acceptors (Lipinski definition) is 7. The average Bonchev–Trinajstić information content (AvgIpc) is 2.99. The number of rotatable bonds is 13. The summed E-state index contributed by atoms with van der Waals surface area (Å²) in [5.74, 6) is -1.18. The van der Waals surface area contributed by atoms with Gasteiger partial charge in [-0.05, 0) is 81.6 Å². The van der Waals surface area contributed by atoms with Crippen LogP contribution in [-0.4, -0.2) is 40.0 Å². The van der Waals surface area contributed by atoms with Crippen molar-refractivity contribution >= 4 is 28.0 Å². The number of ether oxygens (including phenoxy) is 3. The molecule has 0 aliphatic rings. The van der Waals surface area contributed by atoms with E-state index < -0.39 is 58.7 Å². The van der Waals surface area contributed by atoms with Gasteiger partial charge in [-0.3, -0.25) is 18.7 Å². The van der Waals surface area contributed by atoms with Gasteiger partial charge in [0, 0.05) is 29.8 Å². The smallest absolute Gasteiger partial charge is 0.416 e. The molecule has 0 fully saturated rings. The first kappa shape index (κ1) is 38.3. The van der Waals surface area contributed by atoms with E-state index in [1.165, 1.54) is 6.92 Å². The molecule has 3 rings (SSSR count). The van der Waals surface area contributed by atoms with Crippen molar-refractivity contribution < 1.29 is 41.4 Å². The Morgan fingerprint density at radius 3 is 2.35 bits per heavy atom. The molecule has 0 radical (unpaired) electrons. The van der Waals surface area contributed by atoms with Gasteiger partial charge in [0.15, 0.2) is 0 Å². The molecule has 0 saturated heterocycles. The third-order valence-electron chi connectivity index (χ3n) is 7.07. The summed E-state index contributed by atoms with van der Waals surface area (Å²) in [4.78, 5) is 51.6. The zero-order valence-electron chi connectivity index (χ0n) is 27.2. The van der Waals surface area contributed by atoms with E-state index in [1.807, 2.05) is 0 Å². The number of amides is 1. The SMILES string of the molecule is CCOC(=O)CCCOc1ccccc1[C@H](CCn1c(=O)c(Br)c(C)n(Cc2c(F)cccc2C(F)(F)F)c1=O)NC(=O)OC(C)(C)C. The summed E-state index contributed by atoms with van der Waals surface area (Å²) in [5, 5.41) is 2.75. The zero-order chi connectivity index (χ0) is 35.8. The highest BCUT2D eigenvalue weighted by Crippen LogP contribution is 2.34. The highest BCUT2D eigenvalue weighted by atomic mass is 79.9. The van der Waals surface area contributed by atoms with Crippen molar-refractivity contribution in [1.29, 1.82) is 0 Å². The molecule has 1 N–H and O–H groups in total. The van der Waals surface area contributed by atoms with Crippen LogP contribution in [-0.2, 0) is 33.5 Å². The Bertz CT molecular complexity index is 1730. The van der Waals surface area contributed by atoms with Crippen LogP contribution in [0.1, 0.15) is 75.4 Å². The summed E-state index contributed by atoms with van der Waals surface area (Å²) in [7, 11) is 0. The number of carbonyl (C=O) groups excluding carboxylic acids is 2. The van der Waals surface area contributed by atoms with Gasteiger partial charge in [0.25, 0.3) is 5.56 Å². The molecule has 48 heavy (non-hydrogen) atoms. The number of nitrogens with zero attached hydrogens (tertiary/aromatic N) is 2. The first-order chi connectivity index (χ1) is 22.4. The van der Waals surface area contributed by atoms with E-state index in [4.69, 9.17) is 14.2 Å². The molecule has 0 aliphatic heterocycles. The second kappa shape index (κ2) is 16.3. The van der Waals surface area contributed by atoms with Gasteiger partial charge in [0.1, 0.15) is 21.6 Å². The van der Waals surface area contributed by atoms with Crippen LogP contribution >= 0.6 is 15.9 Å². The van der Waals surface area contributed by atoms with Gasteiger partial charge in [-0.1, -0.05) is 24.3 Å². The first-order valence-corrected chi connectivity index (χ1v) is 15.9. The summed E-state index contributed by atoms with van der Waals surface area (Å²) < 4.78 is 73.8. The molecule has 1 aromatic heterocycles. The number of aromatic nitrogens is 2. The van der Waals surface area contributed by atoms with Crippen LogP contribution in [0, 0.1) is 12.7 Å². The molecule has 0 spiro atoms. The zero-order valence-corrected chi connectivity index (χ0v) is 28.8. The highest BCUT2D eigenvalue weighted by Gasteiger charge is 2.35. The molecule has 1 amide bonds. The number of carbonyl (C=O) groups is 2. The van der Waals surface area contributed by atoms with Crippen molar-refractivity contribution in [3.63, 3.8) is 0 Å². The maximum Gasteiger partial charge on any atom is 0.416 e. The van der Waals surface area contributed by atoms with Gasteiger partial charge in [0.2, 0.25) is 0 Å². The van der Waals surface area contributed by atoms with Crippen LogP contribution < -0.4 is 21.3 Å². The monoisotopic (exact) mass is 743 g/mol. The van der Waals surface area contributed by atoms with Gasteiger partial charge < -0.3 is 19.5 Å². The Balaban J connectivity index is 1.99. The molecule has 2 aromatic carbocycles. The molecule has 0 bridgehead atoms. The van der Waals surface area contributed by atoms with E-state index in [-0.39, 0.29) is 48.7 Å². The highest BCUT2D eigenvalue weighted by molar-refractivity contribution is 9.10. The fourth-order valence-corrected chi connectivity index (χ4v) is 5.27. The van der Waals surface area contributed by atoms with Gasteiger partial charge >= 0.3 is 23.9 Å². The van der Waals surface area contributed by atoms with Crippen molar-refractivity contribution in [3.05, 3.63) is 96.0 Å². The van der Waals surface area contributed by atoms with E-state index in [0.29, 0.717) is 23.8 Å². The number of benzene rings is 2. The summed E-state index contributed by atoms with van der Waals surface area (Å²) in [5.41, 5.74) is -4.13. The topological polar surface area (TPSA) is 118 Å². The fraction of sp³-hybridized carbons (Fsp3) is 0.455. The summed E-state index contributed by atoms with van der Waals surface area (Å²) >= 11 is 3.15. The number of hydrogen-bond donors (Lipinski definition) is 1. The van der Waals surface area contributed by atoms with Gasteiger partial charge in [0.05, 0.1) is 31.4 Å². The van der Waals surface area contributed by atoms with Crippen LogP contribution in [0.2, 0.25) is 0 Å². The normalized spacial score (nSPS) is 12.4. The maximum absolute atomic E-state index is 14.7. The summed E-state index contributed by atoms with van der Waals surface area (Å²) in [6.07, 6.45) is -5.28. The van der Waals surface area contributed by atoms with Crippen LogP contribution in [0.5, 0.6) is 5.75 Å². The van der Waals surface area contributed by atoms with E-state index >= 15 is 0 Å². The van der Waals surface area contributed by atoms with Crippen molar-refractivity contribution in [3.8, 4) is 5.75 Å². The van der Waals surface area contributed by atoms with Gasteiger partial charge in [-0.25, -0.2) is 14.0 Å². The van der Waals surface area contributed by atoms with E-state index in [9.17, 15) is 36.7 Å². The van der Waals surface area contributed by atoms with Gasteiger partial charge in [-0.15, -0.1) is 0 Å². The molecule has 15 heteroatoms. The lowest BCUT2D eigenvalue weighted by Gasteiger charge is -2.25. The Labute approximate surface area is 283 Å². The fourth-order valence-electron chi connectivity index (χ4n) is 4.84. The molecule has 0 saturated carbocycles. The van der Waals surface area contributed by atoms with E-state index in [0.717, 1.165) is 21.3 Å². The van der Waals surface area contributed by atoms with Crippen molar-refractivity contribution in [2.24, 2.45) is 0 Å². The second-order valence-corrected chi connectivity index (χ2v) is 12.6. The number of nitrogens with one attached hydrogen (secondary N) is 1. The lowest BCUT2D eigenvalue weighted by Crippen LogP contribution is -2.43. The molecular formula is C33H38BrF4N3O7. The molecule has 3 aromatic rings. The summed E-state index contributed by atoms with van der Waals surface area (Å²) in [6.45, 7) is 7.37. The van der Waals surface area contributed by atoms with E-state index in [2.05, 4.69) is 21.2 Å². The standard InChI is InChI=1S/C33H38BrF4N3O7/c1-6-46-27(42)15-10-18-47-26-14-8-7-11-21(26)25(39-30(44)48-32(3,4)5)16-17-40-29(43)28(34)20(2)41(31(40)45)19-22-23(33(36,37)38)12-9-13-24(22)35/h7-9,11-14,25H,6,10,15-19H2,1-5H3,(H,39,44)/t25-/m0/s1. The van der Waals surface area contributed by atoms with Crippen molar-refractivity contribution in [1.82, 2.24) is 14.5 Å². The molecule has 0 unspecified atom stereocenters. The minimum atomic E-state index is -4.89. The molecular weight excluding hydrogens is 706 g/mol. The minimum absolute atomic E-state index is 0.00243. The average molecular weight is 745 g/mol. The van der Waals surface area contributed by atoms with Crippen molar-refractivity contribution in [2.75, 3.05) is 13.2 Å². The Hall–Kier alpha value is -4.14. The summed E-state index contributed by atoms with van der Waals surface area (Å²) in [6, 6.07) is 8.33. The predicted molar refractivity (Wildman–Crippen MR) is 172 cm³/mol. The number of alkyl carbamates (subject to hydrolysis) is 1. The lowest BCUT2D eigenvalue weighted by molar-refractivity contribution is -0.143. The third kappa shape index (κ3) is 10.2.